The zero-order valence-corrected chi connectivity index (χ0v) is 10.9. The summed E-state index contributed by atoms with van der Waals surface area (Å²) in [5, 5.41) is 2.91. The molecule has 1 amide bonds. The van der Waals surface area contributed by atoms with E-state index in [0.717, 1.165) is 10.2 Å². The highest BCUT2D eigenvalue weighted by molar-refractivity contribution is 9.10. The summed E-state index contributed by atoms with van der Waals surface area (Å²) in [4.78, 5) is 10.7. The number of hydrogen-bond acceptors (Lipinski definition) is 3. The number of anilines is 1. The minimum Gasteiger partial charge on any atom is -0.376 e. The summed E-state index contributed by atoms with van der Waals surface area (Å²) in [6, 6.07) is 7.52. The summed E-state index contributed by atoms with van der Waals surface area (Å²) in [5.74, 6) is 4.67. The van der Waals surface area contributed by atoms with E-state index in [4.69, 9.17) is 5.84 Å². The van der Waals surface area contributed by atoms with Crippen molar-refractivity contribution < 1.29 is 4.79 Å². The Morgan fingerprint density at radius 3 is 2.27 bits per heavy atom. The van der Waals surface area contributed by atoms with Crippen molar-refractivity contribution in [1.82, 2.24) is 5.43 Å². The average molecular weight is 317 g/mol. The Hall–Kier alpha value is -0.490. The standard InChI is InChI=1S/C8H10BrN3O.2ClH/c9-6-1-3-7(4-2-6)11-5-8(13)12-10;;/h1-4,11H,5,10H2,(H,12,13);2*1H. The molecule has 0 heterocycles. The minimum absolute atomic E-state index is 0. The van der Waals surface area contributed by atoms with Gasteiger partial charge in [-0.3, -0.25) is 10.2 Å². The summed E-state index contributed by atoms with van der Waals surface area (Å²) in [6.45, 7) is 0.179. The van der Waals surface area contributed by atoms with Crippen molar-refractivity contribution in [3.05, 3.63) is 28.7 Å². The van der Waals surface area contributed by atoms with Gasteiger partial charge in [0, 0.05) is 10.2 Å². The lowest BCUT2D eigenvalue weighted by Crippen LogP contribution is -2.35. The molecule has 0 bridgehead atoms. The van der Waals surface area contributed by atoms with E-state index < -0.39 is 0 Å². The molecule has 0 aromatic heterocycles. The summed E-state index contributed by atoms with van der Waals surface area (Å²) in [5.41, 5.74) is 2.92. The van der Waals surface area contributed by atoms with Gasteiger partial charge in [0.05, 0.1) is 6.54 Å². The van der Waals surface area contributed by atoms with Crippen LogP contribution in [0.15, 0.2) is 28.7 Å². The molecule has 0 aliphatic heterocycles. The van der Waals surface area contributed by atoms with E-state index in [9.17, 15) is 4.79 Å². The van der Waals surface area contributed by atoms with Gasteiger partial charge in [0.25, 0.3) is 5.91 Å². The molecule has 0 saturated heterocycles. The number of benzene rings is 1. The first-order valence-corrected chi connectivity index (χ1v) is 4.50. The molecule has 0 aliphatic rings. The van der Waals surface area contributed by atoms with Crippen LogP contribution in [0.5, 0.6) is 0 Å². The topological polar surface area (TPSA) is 67.1 Å². The van der Waals surface area contributed by atoms with E-state index >= 15 is 0 Å². The Balaban J connectivity index is 0. The number of carbonyl (C=O) groups excluding carboxylic acids is 1. The normalized spacial score (nSPS) is 8.13. The summed E-state index contributed by atoms with van der Waals surface area (Å²) >= 11 is 3.31. The smallest absolute Gasteiger partial charge is 0.253 e. The number of hydrogen-bond donors (Lipinski definition) is 3. The Kier molecular flexibility index (Phi) is 9.92. The van der Waals surface area contributed by atoms with Crippen LogP contribution in [0.25, 0.3) is 0 Å². The molecular weight excluding hydrogens is 305 g/mol. The SMILES string of the molecule is Cl.Cl.NNC(=O)CNc1ccc(Br)cc1. The van der Waals surface area contributed by atoms with Gasteiger partial charge in [0.1, 0.15) is 0 Å². The van der Waals surface area contributed by atoms with Crippen LogP contribution in [-0.2, 0) is 4.79 Å². The lowest BCUT2D eigenvalue weighted by Gasteiger charge is -2.04. The Morgan fingerprint density at radius 1 is 1.27 bits per heavy atom. The zero-order valence-electron chi connectivity index (χ0n) is 7.70. The second-order valence-corrected chi connectivity index (χ2v) is 3.34. The number of nitrogens with one attached hydrogen (secondary N) is 2. The second-order valence-electron chi connectivity index (χ2n) is 2.43. The molecule has 0 saturated carbocycles. The van der Waals surface area contributed by atoms with Crippen LogP contribution in [0.1, 0.15) is 0 Å². The second kappa shape index (κ2) is 8.79. The fourth-order valence-electron chi connectivity index (χ4n) is 0.801. The quantitative estimate of drug-likeness (QED) is 0.452. The Labute approximate surface area is 109 Å². The van der Waals surface area contributed by atoms with E-state index in [1.807, 2.05) is 29.7 Å². The van der Waals surface area contributed by atoms with E-state index in [0.29, 0.717) is 0 Å². The van der Waals surface area contributed by atoms with E-state index in [-0.39, 0.29) is 37.3 Å². The number of carbonyl (C=O) groups is 1. The number of amides is 1. The molecular formula is C8H12BrCl2N3O. The Bertz CT molecular complexity index is 294. The van der Waals surface area contributed by atoms with Crippen LogP contribution >= 0.6 is 40.7 Å². The number of rotatable bonds is 3. The van der Waals surface area contributed by atoms with E-state index in [2.05, 4.69) is 21.2 Å². The number of halogens is 3. The van der Waals surface area contributed by atoms with Crippen LogP contribution in [0, 0.1) is 0 Å². The first kappa shape index (κ1) is 16.9. The van der Waals surface area contributed by atoms with Crippen LogP contribution in [0.2, 0.25) is 0 Å². The van der Waals surface area contributed by atoms with Crippen LogP contribution in [0.3, 0.4) is 0 Å². The lowest BCUT2D eigenvalue weighted by molar-refractivity contribution is -0.119. The molecule has 15 heavy (non-hydrogen) atoms. The van der Waals surface area contributed by atoms with Crippen molar-refractivity contribution >= 4 is 52.3 Å². The summed E-state index contributed by atoms with van der Waals surface area (Å²) in [6.07, 6.45) is 0. The van der Waals surface area contributed by atoms with Gasteiger partial charge >= 0.3 is 0 Å². The van der Waals surface area contributed by atoms with E-state index in [1.165, 1.54) is 0 Å². The molecule has 7 heteroatoms. The third-order valence-electron chi connectivity index (χ3n) is 1.46. The van der Waals surface area contributed by atoms with Crippen molar-refractivity contribution in [3.8, 4) is 0 Å². The molecule has 0 atom stereocenters. The van der Waals surface area contributed by atoms with Crippen molar-refractivity contribution in [2.75, 3.05) is 11.9 Å². The van der Waals surface area contributed by atoms with Gasteiger partial charge in [0.2, 0.25) is 0 Å². The molecule has 0 aliphatic carbocycles. The van der Waals surface area contributed by atoms with Crippen molar-refractivity contribution in [2.24, 2.45) is 5.84 Å². The minimum atomic E-state index is -0.247. The molecule has 1 rings (SSSR count). The lowest BCUT2D eigenvalue weighted by atomic mass is 10.3. The Morgan fingerprint density at radius 2 is 1.80 bits per heavy atom. The first-order valence-electron chi connectivity index (χ1n) is 3.71. The van der Waals surface area contributed by atoms with Gasteiger partial charge in [-0.25, -0.2) is 5.84 Å². The molecule has 4 N–H and O–H groups in total. The summed E-state index contributed by atoms with van der Waals surface area (Å²) < 4.78 is 1.00. The maximum absolute atomic E-state index is 10.7. The number of nitrogens with two attached hydrogens (primary N) is 1. The van der Waals surface area contributed by atoms with Gasteiger partial charge < -0.3 is 5.32 Å². The maximum atomic E-state index is 10.7. The third-order valence-corrected chi connectivity index (χ3v) is 1.99. The molecule has 4 nitrogen and oxygen atoms in total. The molecule has 1 aromatic rings. The van der Waals surface area contributed by atoms with Crippen molar-refractivity contribution in [3.63, 3.8) is 0 Å². The van der Waals surface area contributed by atoms with Crippen LogP contribution < -0.4 is 16.6 Å². The molecule has 0 unspecified atom stereocenters. The van der Waals surface area contributed by atoms with Gasteiger partial charge in [-0.1, -0.05) is 15.9 Å². The molecule has 0 spiro atoms. The van der Waals surface area contributed by atoms with Gasteiger partial charge in [-0.05, 0) is 24.3 Å². The summed E-state index contributed by atoms with van der Waals surface area (Å²) in [7, 11) is 0. The van der Waals surface area contributed by atoms with Crippen molar-refractivity contribution in [2.45, 2.75) is 0 Å². The third kappa shape index (κ3) is 6.57. The van der Waals surface area contributed by atoms with Gasteiger partial charge in [-0.15, -0.1) is 24.8 Å². The fourth-order valence-corrected chi connectivity index (χ4v) is 1.07. The highest BCUT2D eigenvalue weighted by atomic mass is 79.9. The monoisotopic (exact) mass is 315 g/mol. The highest BCUT2D eigenvalue weighted by Crippen LogP contribution is 2.13. The molecule has 86 valence electrons. The van der Waals surface area contributed by atoms with Crippen LogP contribution in [0.4, 0.5) is 5.69 Å². The van der Waals surface area contributed by atoms with E-state index in [1.54, 1.807) is 0 Å². The fraction of sp³-hybridized carbons (Fsp3) is 0.125. The van der Waals surface area contributed by atoms with Gasteiger partial charge in [-0.2, -0.15) is 0 Å². The predicted molar refractivity (Wildman–Crippen MR) is 69.5 cm³/mol. The predicted octanol–water partition coefficient (Wildman–Crippen LogP) is 1.69. The maximum Gasteiger partial charge on any atom is 0.253 e. The van der Waals surface area contributed by atoms with Crippen molar-refractivity contribution in [1.29, 1.82) is 0 Å². The van der Waals surface area contributed by atoms with Crippen LogP contribution in [-0.4, -0.2) is 12.5 Å². The zero-order chi connectivity index (χ0) is 9.68. The molecule has 0 fully saturated rings. The molecule has 0 radical (unpaired) electrons. The largest absolute Gasteiger partial charge is 0.376 e. The van der Waals surface area contributed by atoms with Gasteiger partial charge in [0.15, 0.2) is 0 Å². The first-order chi connectivity index (χ1) is 6.22. The number of hydrazine groups is 1. The average Bonchev–Trinajstić information content (AvgIpc) is 2.16. The highest BCUT2D eigenvalue weighted by Gasteiger charge is 1.96. The molecule has 1 aromatic carbocycles.